The largest absolute Gasteiger partial charge is 0.491 e. The predicted molar refractivity (Wildman–Crippen MR) is 121 cm³/mol. The molecule has 31 heavy (non-hydrogen) atoms. The third-order valence-corrected chi connectivity index (χ3v) is 7.26. The van der Waals surface area contributed by atoms with E-state index in [1.165, 1.54) is 23.1 Å². The fourth-order valence-corrected chi connectivity index (χ4v) is 5.24. The summed E-state index contributed by atoms with van der Waals surface area (Å²) in [6.07, 6.45) is 7.91. The standard InChI is InChI=1S/C23H30N4O3S/c24-22-26-16-19(31-22)20(28)27-13-10-23(11-14-27)9-5-1-2-6-17-7-3-4-8-18(17)30-15-12-25-21(23)29/h3-4,7-8,16H,1-2,5-6,9-15H2,(H2,24,26)(H,25,29). The number of carbonyl (C=O) groups is 2. The molecule has 1 aromatic carbocycles. The Morgan fingerprint density at radius 3 is 2.74 bits per heavy atom. The van der Waals surface area contributed by atoms with Gasteiger partial charge in [0.05, 0.1) is 18.2 Å². The first-order valence-corrected chi connectivity index (χ1v) is 11.9. The van der Waals surface area contributed by atoms with Crippen molar-refractivity contribution in [2.24, 2.45) is 5.41 Å². The number of nitrogens with one attached hydrogen (secondary N) is 1. The van der Waals surface area contributed by atoms with Gasteiger partial charge in [0.15, 0.2) is 5.13 Å². The van der Waals surface area contributed by atoms with Crippen LogP contribution in [0.2, 0.25) is 0 Å². The predicted octanol–water partition coefficient (Wildman–Crippen LogP) is 3.26. The molecule has 3 N–H and O–H groups in total. The monoisotopic (exact) mass is 442 g/mol. The molecule has 0 atom stereocenters. The summed E-state index contributed by atoms with van der Waals surface area (Å²) in [7, 11) is 0. The molecule has 1 spiro atoms. The van der Waals surface area contributed by atoms with Crippen molar-refractivity contribution in [2.75, 3.05) is 32.0 Å². The topological polar surface area (TPSA) is 97.6 Å². The summed E-state index contributed by atoms with van der Waals surface area (Å²) in [4.78, 5) is 32.3. The van der Waals surface area contributed by atoms with Crippen molar-refractivity contribution in [3.8, 4) is 5.75 Å². The summed E-state index contributed by atoms with van der Waals surface area (Å²) in [5, 5.41) is 3.50. The van der Waals surface area contributed by atoms with Gasteiger partial charge in [-0.15, -0.1) is 0 Å². The van der Waals surface area contributed by atoms with E-state index in [2.05, 4.69) is 16.4 Å². The summed E-state index contributed by atoms with van der Waals surface area (Å²) in [6, 6.07) is 8.16. The number of aryl methyl sites for hydroxylation is 1. The van der Waals surface area contributed by atoms with Crippen LogP contribution >= 0.6 is 11.3 Å². The van der Waals surface area contributed by atoms with Crippen molar-refractivity contribution in [3.63, 3.8) is 0 Å². The maximum absolute atomic E-state index is 13.2. The molecule has 4 rings (SSSR count). The highest BCUT2D eigenvalue weighted by atomic mass is 32.1. The molecule has 2 aliphatic heterocycles. The zero-order chi connectivity index (χ0) is 21.7. The second kappa shape index (κ2) is 9.68. The molecule has 1 saturated heterocycles. The number of amides is 2. The molecule has 1 aromatic heterocycles. The highest BCUT2D eigenvalue weighted by Crippen LogP contribution is 2.38. The van der Waals surface area contributed by atoms with Gasteiger partial charge in [0.25, 0.3) is 5.91 Å². The maximum atomic E-state index is 13.2. The van der Waals surface area contributed by atoms with E-state index in [1.807, 2.05) is 23.1 Å². The van der Waals surface area contributed by atoms with Crippen LogP contribution in [0.1, 0.15) is 53.8 Å². The molecule has 3 heterocycles. The third-order valence-electron chi connectivity index (χ3n) is 6.44. The molecule has 7 nitrogen and oxygen atoms in total. The maximum Gasteiger partial charge on any atom is 0.265 e. The van der Waals surface area contributed by atoms with E-state index < -0.39 is 5.41 Å². The molecule has 166 valence electrons. The van der Waals surface area contributed by atoms with Gasteiger partial charge in [0, 0.05) is 13.1 Å². The quantitative estimate of drug-likeness (QED) is 0.706. The van der Waals surface area contributed by atoms with Crippen molar-refractivity contribution in [1.29, 1.82) is 0 Å². The van der Waals surface area contributed by atoms with Crippen molar-refractivity contribution >= 4 is 28.3 Å². The van der Waals surface area contributed by atoms with Crippen LogP contribution in [-0.4, -0.2) is 47.9 Å². The van der Waals surface area contributed by atoms with E-state index in [4.69, 9.17) is 10.5 Å². The van der Waals surface area contributed by atoms with E-state index in [1.54, 1.807) is 0 Å². The molecule has 0 aliphatic carbocycles. The Hall–Kier alpha value is -2.61. The normalized spacial score (nSPS) is 19.9. The lowest BCUT2D eigenvalue weighted by Crippen LogP contribution is -2.50. The Labute approximate surface area is 187 Å². The van der Waals surface area contributed by atoms with Crippen LogP contribution in [0.5, 0.6) is 5.75 Å². The number of para-hydroxylation sites is 1. The van der Waals surface area contributed by atoms with Crippen LogP contribution in [0.3, 0.4) is 0 Å². The zero-order valence-corrected chi connectivity index (χ0v) is 18.6. The van der Waals surface area contributed by atoms with Gasteiger partial charge < -0.3 is 20.7 Å². The van der Waals surface area contributed by atoms with Crippen LogP contribution in [0, 0.1) is 5.41 Å². The number of anilines is 1. The van der Waals surface area contributed by atoms with Gasteiger partial charge in [0.1, 0.15) is 17.2 Å². The van der Waals surface area contributed by atoms with E-state index in [-0.39, 0.29) is 11.8 Å². The second-order valence-corrected chi connectivity index (χ2v) is 9.47. The molecule has 0 radical (unpaired) electrons. The minimum Gasteiger partial charge on any atom is -0.491 e. The molecule has 2 aromatic rings. The van der Waals surface area contributed by atoms with Crippen molar-refractivity contribution in [2.45, 2.75) is 44.9 Å². The van der Waals surface area contributed by atoms with Gasteiger partial charge in [-0.1, -0.05) is 42.4 Å². The molecular weight excluding hydrogens is 412 g/mol. The van der Waals surface area contributed by atoms with Gasteiger partial charge in [0.2, 0.25) is 5.91 Å². The minimum atomic E-state index is -0.412. The first-order valence-electron chi connectivity index (χ1n) is 11.1. The molecule has 0 saturated carbocycles. The number of fused-ring (bicyclic) bond motifs is 1. The Bertz CT molecular complexity index is 921. The number of nitrogens with zero attached hydrogens (tertiary/aromatic N) is 2. The summed E-state index contributed by atoms with van der Waals surface area (Å²) >= 11 is 1.21. The van der Waals surface area contributed by atoms with Gasteiger partial charge in [-0.05, 0) is 43.7 Å². The van der Waals surface area contributed by atoms with Gasteiger partial charge in [-0.2, -0.15) is 0 Å². The van der Waals surface area contributed by atoms with Gasteiger partial charge in [-0.3, -0.25) is 9.59 Å². The van der Waals surface area contributed by atoms with Gasteiger partial charge >= 0.3 is 0 Å². The second-order valence-electron chi connectivity index (χ2n) is 8.41. The average Bonchev–Trinajstić information content (AvgIpc) is 3.23. The Morgan fingerprint density at radius 1 is 1.16 bits per heavy atom. The van der Waals surface area contributed by atoms with Crippen LogP contribution in [0.25, 0.3) is 0 Å². The molecule has 2 amide bonds. The van der Waals surface area contributed by atoms with Crippen LogP contribution in [-0.2, 0) is 11.2 Å². The van der Waals surface area contributed by atoms with Crippen molar-refractivity contribution < 1.29 is 14.3 Å². The minimum absolute atomic E-state index is 0.0414. The SMILES string of the molecule is Nc1ncc(C(=O)N2CCC3(CCCCCc4ccccc4OCCNC3=O)CC2)s1. The summed E-state index contributed by atoms with van der Waals surface area (Å²) < 4.78 is 5.94. The molecule has 0 unspecified atom stereocenters. The highest BCUT2D eigenvalue weighted by Gasteiger charge is 2.41. The average molecular weight is 443 g/mol. The number of thiazole rings is 1. The number of rotatable bonds is 1. The summed E-state index contributed by atoms with van der Waals surface area (Å²) in [5.74, 6) is 0.972. The summed E-state index contributed by atoms with van der Waals surface area (Å²) in [5.41, 5.74) is 6.49. The number of hydrogen-bond acceptors (Lipinski definition) is 6. The highest BCUT2D eigenvalue weighted by molar-refractivity contribution is 7.17. The van der Waals surface area contributed by atoms with E-state index in [9.17, 15) is 9.59 Å². The Balaban J connectivity index is 1.40. The lowest BCUT2D eigenvalue weighted by Gasteiger charge is -2.40. The molecule has 8 heteroatoms. The third kappa shape index (κ3) is 5.01. The lowest BCUT2D eigenvalue weighted by molar-refractivity contribution is -0.134. The number of carbonyl (C=O) groups excluding carboxylic acids is 2. The van der Waals surface area contributed by atoms with Crippen LogP contribution in [0.15, 0.2) is 30.5 Å². The number of ether oxygens (including phenoxy) is 1. The van der Waals surface area contributed by atoms with Crippen LogP contribution in [0.4, 0.5) is 5.13 Å². The summed E-state index contributed by atoms with van der Waals surface area (Å²) in [6.45, 7) is 2.09. The number of hydrogen-bond donors (Lipinski definition) is 2. The fraction of sp³-hybridized carbons (Fsp3) is 0.522. The number of nitrogen functional groups attached to an aromatic ring is 1. The Morgan fingerprint density at radius 2 is 1.97 bits per heavy atom. The van der Waals surface area contributed by atoms with Crippen molar-refractivity contribution in [3.05, 3.63) is 40.9 Å². The number of likely N-dealkylation sites (tertiary alicyclic amines) is 1. The zero-order valence-electron chi connectivity index (χ0n) is 17.8. The van der Waals surface area contributed by atoms with E-state index >= 15 is 0 Å². The smallest absolute Gasteiger partial charge is 0.265 e. The van der Waals surface area contributed by atoms with Crippen LogP contribution < -0.4 is 15.8 Å². The van der Waals surface area contributed by atoms with E-state index in [0.29, 0.717) is 49.1 Å². The number of piperidine rings is 1. The first kappa shape index (κ1) is 21.6. The number of nitrogens with two attached hydrogens (primary N) is 1. The van der Waals surface area contributed by atoms with E-state index in [0.717, 1.165) is 37.9 Å². The number of benzene rings is 1. The Kier molecular flexibility index (Phi) is 6.75. The fourth-order valence-electron chi connectivity index (χ4n) is 4.59. The molecule has 1 fully saturated rings. The number of aromatic nitrogens is 1. The molecule has 2 aliphatic rings. The lowest BCUT2D eigenvalue weighted by atomic mass is 9.73. The first-order chi connectivity index (χ1) is 15.1. The molecular formula is C23H30N4O3S. The van der Waals surface area contributed by atoms with Gasteiger partial charge in [-0.25, -0.2) is 4.98 Å². The van der Waals surface area contributed by atoms with Crippen molar-refractivity contribution in [1.82, 2.24) is 15.2 Å². The molecule has 0 bridgehead atoms.